The molecule has 2 heterocycles. The Kier molecular flexibility index (Phi) is 5.77. The zero-order chi connectivity index (χ0) is 22.2. The van der Waals surface area contributed by atoms with Gasteiger partial charge in [-0.05, 0) is 55.0 Å². The summed E-state index contributed by atoms with van der Waals surface area (Å²) in [4.78, 5) is 4.50. The molecule has 0 aliphatic carbocycles. The minimum atomic E-state index is -3.62. The summed E-state index contributed by atoms with van der Waals surface area (Å²) in [5.41, 5.74) is 2.76. The van der Waals surface area contributed by atoms with Gasteiger partial charge in [0.1, 0.15) is 16.7 Å². The van der Waals surface area contributed by atoms with Crippen LogP contribution in [0.2, 0.25) is 5.15 Å². The number of pyridine rings is 1. The fourth-order valence-electron chi connectivity index (χ4n) is 3.61. The first kappa shape index (κ1) is 21.4. The van der Waals surface area contributed by atoms with Crippen LogP contribution in [0, 0.1) is 0 Å². The van der Waals surface area contributed by atoms with E-state index in [0.717, 1.165) is 21.6 Å². The van der Waals surface area contributed by atoms with Crippen molar-refractivity contribution in [3.05, 3.63) is 64.8 Å². The minimum Gasteiger partial charge on any atom is -0.497 e. The molecule has 2 aromatic carbocycles. The standard InChI is InChI=1S/C22H22ClN3O4S/c1-4-30-17-10-7-15-11-18(22(23)24-19(15)12-17)21-13-20(25-26(21)31(3,27)28)14-5-8-16(29-2)9-6-14/h5-12,21H,4,13H2,1-3H3. The third-order valence-electron chi connectivity index (χ3n) is 5.08. The first-order valence-electron chi connectivity index (χ1n) is 9.74. The van der Waals surface area contributed by atoms with Crippen molar-refractivity contribution >= 4 is 38.2 Å². The van der Waals surface area contributed by atoms with Crippen LogP contribution in [0.25, 0.3) is 10.9 Å². The van der Waals surface area contributed by atoms with Gasteiger partial charge < -0.3 is 9.47 Å². The van der Waals surface area contributed by atoms with Gasteiger partial charge in [0.15, 0.2) is 0 Å². The largest absolute Gasteiger partial charge is 0.497 e. The van der Waals surface area contributed by atoms with Crippen LogP contribution in [0.5, 0.6) is 11.5 Å². The summed E-state index contributed by atoms with van der Waals surface area (Å²) in [6, 6.07) is 14.2. The van der Waals surface area contributed by atoms with Crippen LogP contribution in [-0.4, -0.2) is 43.5 Å². The molecule has 0 N–H and O–H groups in total. The van der Waals surface area contributed by atoms with Gasteiger partial charge in [-0.3, -0.25) is 0 Å². The smallest absolute Gasteiger partial charge is 0.247 e. The molecule has 31 heavy (non-hydrogen) atoms. The van der Waals surface area contributed by atoms with Crippen LogP contribution in [0.3, 0.4) is 0 Å². The molecule has 1 atom stereocenters. The maximum absolute atomic E-state index is 12.5. The fourth-order valence-corrected chi connectivity index (χ4v) is 4.78. The highest BCUT2D eigenvalue weighted by Crippen LogP contribution is 2.39. The number of fused-ring (bicyclic) bond motifs is 1. The summed E-state index contributed by atoms with van der Waals surface area (Å²) in [5, 5.41) is 5.50. The van der Waals surface area contributed by atoms with Crippen LogP contribution < -0.4 is 9.47 Å². The van der Waals surface area contributed by atoms with Gasteiger partial charge in [-0.1, -0.05) is 11.6 Å². The summed E-state index contributed by atoms with van der Waals surface area (Å²) < 4.78 is 36.9. The lowest BCUT2D eigenvalue weighted by atomic mass is 9.99. The van der Waals surface area contributed by atoms with E-state index in [4.69, 9.17) is 21.1 Å². The minimum absolute atomic E-state index is 0.242. The molecule has 4 rings (SSSR count). The molecule has 0 saturated carbocycles. The Morgan fingerprint density at radius 3 is 2.48 bits per heavy atom. The SMILES string of the molecule is CCOc1ccc2cc(C3CC(c4ccc(OC)cc4)=NN3S(C)(=O)=O)c(Cl)nc2c1. The number of methoxy groups -OCH3 is 1. The molecule has 3 aromatic rings. The molecular weight excluding hydrogens is 438 g/mol. The summed E-state index contributed by atoms with van der Waals surface area (Å²) in [5.74, 6) is 1.42. The summed E-state index contributed by atoms with van der Waals surface area (Å²) in [6.45, 7) is 2.46. The maximum Gasteiger partial charge on any atom is 0.247 e. The highest BCUT2D eigenvalue weighted by atomic mass is 35.5. The zero-order valence-electron chi connectivity index (χ0n) is 17.4. The Balaban J connectivity index is 1.74. The molecule has 0 spiro atoms. The average molecular weight is 460 g/mol. The summed E-state index contributed by atoms with van der Waals surface area (Å²) >= 11 is 6.52. The van der Waals surface area contributed by atoms with E-state index in [1.165, 1.54) is 0 Å². The number of rotatable bonds is 6. The molecule has 0 saturated heterocycles. The third kappa shape index (κ3) is 4.31. The Morgan fingerprint density at radius 1 is 1.13 bits per heavy atom. The Hall–Kier alpha value is -2.84. The lowest BCUT2D eigenvalue weighted by Gasteiger charge is -2.22. The third-order valence-corrected chi connectivity index (χ3v) is 6.39. The predicted octanol–water partition coefficient (Wildman–Crippen LogP) is 4.41. The Morgan fingerprint density at radius 2 is 1.84 bits per heavy atom. The number of hydrogen-bond acceptors (Lipinski definition) is 6. The van der Waals surface area contributed by atoms with Crippen LogP contribution in [0.15, 0.2) is 53.6 Å². The van der Waals surface area contributed by atoms with E-state index in [-0.39, 0.29) is 5.15 Å². The fraction of sp³-hybridized carbons (Fsp3) is 0.273. The van der Waals surface area contributed by atoms with Gasteiger partial charge in [-0.25, -0.2) is 13.4 Å². The van der Waals surface area contributed by atoms with E-state index in [0.29, 0.717) is 41.3 Å². The van der Waals surface area contributed by atoms with E-state index in [1.807, 2.05) is 55.5 Å². The van der Waals surface area contributed by atoms with Crippen molar-refractivity contribution in [2.45, 2.75) is 19.4 Å². The lowest BCUT2D eigenvalue weighted by Crippen LogP contribution is -2.26. The molecule has 1 unspecified atom stereocenters. The monoisotopic (exact) mass is 459 g/mol. The van der Waals surface area contributed by atoms with Crippen molar-refractivity contribution in [2.24, 2.45) is 5.10 Å². The number of benzene rings is 2. The van der Waals surface area contributed by atoms with Gasteiger partial charge in [0.2, 0.25) is 10.0 Å². The molecule has 162 valence electrons. The van der Waals surface area contributed by atoms with Crippen molar-refractivity contribution in [3.8, 4) is 11.5 Å². The second-order valence-corrected chi connectivity index (χ2v) is 9.38. The zero-order valence-corrected chi connectivity index (χ0v) is 18.9. The topological polar surface area (TPSA) is 81.1 Å². The molecule has 7 nitrogen and oxygen atoms in total. The molecule has 0 bridgehead atoms. The normalized spacial score (nSPS) is 16.5. The second-order valence-electron chi connectivity index (χ2n) is 7.19. The average Bonchev–Trinajstić information content (AvgIpc) is 3.19. The van der Waals surface area contributed by atoms with E-state index in [1.54, 1.807) is 7.11 Å². The number of sulfonamides is 1. The van der Waals surface area contributed by atoms with Crippen molar-refractivity contribution in [1.29, 1.82) is 0 Å². The van der Waals surface area contributed by atoms with E-state index < -0.39 is 16.1 Å². The van der Waals surface area contributed by atoms with Crippen LogP contribution in [-0.2, 0) is 10.0 Å². The first-order chi connectivity index (χ1) is 14.8. The number of hydrogen-bond donors (Lipinski definition) is 0. The molecule has 1 aliphatic heterocycles. The van der Waals surface area contributed by atoms with Crippen molar-refractivity contribution < 1.29 is 17.9 Å². The van der Waals surface area contributed by atoms with Gasteiger partial charge in [-0.2, -0.15) is 9.52 Å². The number of hydrazone groups is 1. The molecule has 1 aliphatic rings. The van der Waals surface area contributed by atoms with Crippen molar-refractivity contribution in [1.82, 2.24) is 9.40 Å². The van der Waals surface area contributed by atoms with Crippen molar-refractivity contribution in [3.63, 3.8) is 0 Å². The number of halogens is 1. The number of aromatic nitrogens is 1. The predicted molar refractivity (Wildman–Crippen MR) is 121 cm³/mol. The highest BCUT2D eigenvalue weighted by molar-refractivity contribution is 7.88. The molecular formula is C22H22ClN3O4S. The molecule has 0 amide bonds. The van der Waals surface area contributed by atoms with Crippen molar-refractivity contribution in [2.75, 3.05) is 20.0 Å². The Labute approximate surface area is 186 Å². The van der Waals surface area contributed by atoms with E-state index in [9.17, 15) is 8.42 Å². The molecule has 1 aromatic heterocycles. The van der Waals surface area contributed by atoms with E-state index in [2.05, 4.69) is 10.1 Å². The first-order valence-corrected chi connectivity index (χ1v) is 12.0. The van der Waals surface area contributed by atoms with Gasteiger partial charge in [0, 0.05) is 23.4 Å². The molecule has 9 heteroatoms. The van der Waals surface area contributed by atoms with Gasteiger partial charge in [0.25, 0.3) is 0 Å². The van der Waals surface area contributed by atoms with Crippen LogP contribution in [0.1, 0.15) is 30.5 Å². The summed E-state index contributed by atoms with van der Waals surface area (Å²) in [7, 11) is -2.03. The highest BCUT2D eigenvalue weighted by Gasteiger charge is 2.36. The maximum atomic E-state index is 12.5. The Bertz CT molecular complexity index is 1260. The summed E-state index contributed by atoms with van der Waals surface area (Å²) in [6.07, 6.45) is 1.51. The van der Waals surface area contributed by atoms with Gasteiger partial charge in [-0.15, -0.1) is 0 Å². The number of ether oxygens (including phenoxy) is 2. The van der Waals surface area contributed by atoms with Gasteiger partial charge >= 0.3 is 0 Å². The molecule has 0 fully saturated rings. The lowest BCUT2D eigenvalue weighted by molar-refractivity contribution is 0.340. The van der Waals surface area contributed by atoms with Gasteiger partial charge in [0.05, 0.1) is 37.2 Å². The number of nitrogens with zero attached hydrogens (tertiary/aromatic N) is 3. The molecule has 0 radical (unpaired) electrons. The quantitative estimate of drug-likeness (QED) is 0.510. The van der Waals surface area contributed by atoms with Crippen LogP contribution in [0.4, 0.5) is 0 Å². The van der Waals surface area contributed by atoms with Crippen LogP contribution >= 0.6 is 11.6 Å². The second kappa shape index (κ2) is 8.36. The van der Waals surface area contributed by atoms with E-state index >= 15 is 0 Å².